The van der Waals surface area contributed by atoms with Gasteiger partial charge in [0.1, 0.15) is 6.61 Å². The molecule has 1 aliphatic rings. The van der Waals surface area contributed by atoms with Crippen LogP contribution in [0.3, 0.4) is 0 Å². The summed E-state index contributed by atoms with van der Waals surface area (Å²) in [7, 11) is 3.66. The molecular weight excluding hydrogens is 382 g/mol. The number of amides is 1. The number of benzene rings is 2. The van der Waals surface area contributed by atoms with Crippen molar-refractivity contribution in [1.29, 1.82) is 0 Å². The first kappa shape index (κ1) is 22.1. The van der Waals surface area contributed by atoms with E-state index in [9.17, 15) is 4.79 Å². The molecule has 1 aliphatic carbocycles. The minimum atomic E-state index is -0.521. The van der Waals surface area contributed by atoms with Gasteiger partial charge >= 0.3 is 0 Å². The molecule has 0 spiro atoms. The zero-order valence-electron chi connectivity index (χ0n) is 17.7. The highest BCUT2D eigenvalue weighted by Gasteiger charge is 2.18. The van der Waals surface area contributed by atoms with Gasteiger partial charge in [-0.3, -0.25) is 10.2 Å². The molecule has 0 heterocycles. The number of hydrogen-bond acceptors (Lipinski definition) is 6. The molecule has 30 heavy (non-hydrogen) atoms. The number of hydrazine groups is 1. The Kier molecular flexibility index (Phi) is 8.07. The van der Waals surface area contributed by atoms with Gasteiger partial charge in [0, 0.05) is 25.8 Å². The fraction of sp³-hybridized carbons (Fsp3) is 0.435. The molecule has 0 aromatic heterocycles. The van der Waals surface area contributed by atoms with Crippen LogP contribution in [-0.2, 0) is 17.9 Å². The maximum Gasteiger partial charge on any atom is 0.250 e. The van der Waals surface area contributed by atoms with Crippen molar-refractivity contribution in [2.24, 2.45) is 0 Å². The van der Waals surface area contributed by atoms with Crippen LogP contribution in [0.15, 0.2) is 42.5 Å². The highest BCUT2D eigenvalue weighted by Crippen LogP contribution is 2.32. The van der Waals surface area contributed by atoms with Gasteiger partial charge in [-0.1, -0.05) is 18.2 Å². The van der Waals surface area contributed by atoms with Crippen LogP contribution in [0.2, 0.25) is 0 Å². The van der Waals surface area contributed by atoms with Crippen molar-refractivity contribution in [1.82, 2.24) is 10.4 Å². The van der Waals surface area contributed by atoms with Crippen molar-refractivity contribution in [2.75, 3.05) is 26.1 Å². The van der Waals surface area contributed by atoms with Gasteiger partial charge in [-0.05, 0) is 61.1 Å². The molecule has 3 N–H and O–H groups in total. The number of methoxy groups -OCH3 is 1. The first-order valence-corrected chi connectivity index (χ1v) is 10.3. The fourth-order valence-corrected chi connectivity index (χ4v) is 3.56. The Balaban J connectivity index is 1.52. The molecule has 1 fully saturated rings. The van der Waals surface area contributed by atoms with Gasteiger partial charge in [-0.2, -0.15) is 0 Å². The summed E-state index contributed by atoms with van der Waals surface area (Å²) in [6, 6.07) is 13.6. The molecule has 2 aromatic rings. The summed E-state index contributed by atoms with van der Waals surface area (Å²) in [5.74, 6) is 1.16. The summed E-state index contributed by atoms with van der Waals surface area (Å²) in [6.07, 6.45) is 4.96. The molecule has 1 saturated carbocycles. The number of hydrogen-bond donors (Lipinski definition) is 3. The predicted molar refractivity (Wildman–Crippen MR) is 116 cm³/mol. The van der Waals surface area contributed by atoms with Crippen LogP contribution in [0.5, 0.6) is 11.5 Å². The Morgan fingerprint density at radius 3 is 2.47 bits per heavy atom. The SMILES string of the molecule is COc1ccc(CNN(C)Cc2ccc(NC(=O)CO)cc2)cc1OC1CCCC1. The van der Waals surface area contributed by atoms with Gasteiger partial charge in [-0.25, -0.2) is 5.01 Å². The van der Waals surface area contributed by atoms with E-state index in [1.165, 1.54) is 12.8 Å². The standard InChI is InChI=1S/C23H31N3O4/c1-26(15-17-7-10-19(11-8-17)25-23(28)16-27)24-14-18-9-12-21(29-2)22(13-18)30-20-5-3-4-6-20/h7-13,20,24,27H,3-6,14-16H2,1-2H3,(H,25,28). The lowest BCUT2D eigenvalue weighted by molar-refractivity contribution is -0.118. The topological polar surface area (TPSA) is 83.1 Å². The predicted octanol–water partition coefficient (Wildman–Crippen LogP) is 3.08. The fourth-order valence-electron chi connectivity index (χ4n) is 3.56. The quantitative estimate of drug-likeness (QED) is 0.519. The third kappa shape index (κ3) is 6.45. The van der Waals surface area contributed by atoms with Gasteiger partial charge in [0.05, 0.1) is 13.2 Å². The molecule has 7 nitrogen and oxygen atoms in total. The molecule has 162 valence electrons. The molecule has 0 bridgehead atoms. The summed E-state index contributed by atoms with van der Waals surface area (Å²) in [5.41, 5.74) is 6.29. The van der Waals surface area contributed by atoms with Crippen LogP contribution in [0.1, 0.15) is 36.8 Å². The number of carbonyl (C=O) groups is 1. The number of rotatable bonds is 10. The summed E-state index contributed by atoms with van der Waals surface area (Å²) in [6.45, 7) is 0.856. The smallest absolute Gasteiger partial charge is 0.250 e. The summed E-state index contributed by atoms with van der Waals surface area (Å²) in [5, 5.41) is 13.4. The van der Waals surface area contributed by atoms with Gasteiger partial charge in [0.2, 0.25) is 5.91 Å². The molecule has 0 radical (unpaired) electrons. The molecule has 7 heteroatoms. The number of aliphatic hydroxyl groups excluding tert-OH is 1. The Labute approximate surface area is 178 Å². The van der Waals surface area contributed by atoms with E-state index in [0.717, 1.165) is 35.5 Å². The summed E-state index contributed by atoms with van der Waals surface area (Å²) in [4.78, 5) is 11.2. The maximum absolute atomic E-state index is 11.2. The zero-order valence-corrected chi connectivity index (χ0v) is 17.7. The van der Waals surface area contributed by atoms with Gasteiger partial charge < -0.3 is 19.9 Å². The highest BCUT2D eigenvalue weighted by molar-refractivity contribution is 5.91. The maximum atomic E-state index is 11.2. The van der Waals surface area contributed by atoms with Crippen molar-refractivity contribution in [3.8, 4) is 11.5 Å². The third-order valence-corrected chi connectivity index (χ3v) is 5.18. The number of anilines is 1. The average molecular weight is 414 g/mol. The number of nitrogens with zero attached hydrogens (tertiary/aromatic N) is 1. The van der Waals surface area contributed by atoms with E-state index in [-0.39, 0.29) is 6.10 Å². The molecule has 3 rings (SSSR count). The molecule has 2 aromatic carbocycles. The van der Waals surface area contributed by atoms with Crippen LogP contribution < -0.4 is 20.2 Å². The van der Waals surface area contributed by atoms with Crippen LogP contribution in [0.25, 0.3) is 0 Å². The summed E-state index contributed by atoms with van der Waals surface area (Å²) < 4.78 is 11.6. The lowest BCUT2D eigenvalue weighted by Crippen LogP contribution is -2.33. The van der Waals surface area contributed by atoms with E-state index in [2.05, 4.69) is 16.8 Å². The Morgan fingerprint density at radius 2 is 1.80 bits per heavy atom. The first-order chi connectivity index (χ1) is 14.6. The van der Waals surface area contributed by atoms with Crippen molar-refractivity contribution < 1.29 is 19.4 Å². The lowest BCUT2D eigenvalue weighted by atomic mass is 10.2. The second-order valence-corrected chi connectivity index (χ2v) is 7.60. The van der Waals surface area contributed by atoms with Crippen molar-refractivity contribution >= 4 is 11.6 Å². The monoisotopic (exact) mass is 413 g/mol. The average Bonchev–Trinajstić information content (AvgIpc) is 3.27. The van der Waals surface area contributed by atoms with Crippen LogP contribution >= 0.6 is 0 Å². The Hall–Kier alpha value is -2.61. The Bertz CT molecular complexity index is 820. The van der Waals surface area contributed by atoms with Crippen molar-refractivity contribution in [3.63, 3.8) is 0 Å². The molecule has 0 atom stereocenters. The summed E-state index contributed by atoms with van der Waals surface area (Å²) >= 11 is 0. The van der Waals surface area contributed by atoms with E-state index >= 15 is 0 Å². The highest BCUT2D eigenvalue weighted by atomic mass is 16.5. The molecule has 0 aliphatic heterocycles. The number of nitrogens with one attached hydrogen (secondary N) is 2. The Morgan fingerprint density at radius 1 is 1.10 bits per heavy atom. The van der Waals surface area contributed by atoms with E-state index in [1.54, 1.807) is 7.11 Å². The number of aliphatic hydroxyl groups is 1. The first-order valence-electron chi connectivity index (χ1n) is 10.3. The van der Waals surface area contributed by atoms with E-state index in [4.69, 9.17) is 14.6 Å². The normalized spacial score (nSPS) is 14.1. The minimum Gasteiger partial charge on any atom is -0.493 e. The van der Waals surface area contributed by atoms with Gasteiger partial charge in [0.15, 0.2) is 11.5 Å². The van der Waals surface area contributed by atoms with Crippen LogP contribution in [0.4, 0.5) is 5.69 Å². The number of carbonyl (C=O) groups excluding carboxylic acids is 1. The van der Waals surface area contributed by atoms with Crippen molar-refractivity contribution in [3.05, 3.63) is 53.6 Å². The lowest BCUT2D eigenvalue weighted by Gasteiger charge is -2.20. The van der Waals surface area contributed by atoms with E-state index in [0.29, 0.717) is 18.8 Å². The van der Waals surface area contributed by atoms with Gasteiger partial charge in [0.25, 0.3) is 0 Å². The molecular formula is C23H31N3O4. The largest absolute Gasteiger partial charge is 0.493 e. The van der Waals surface area contributed by atoms with Crippen LogP contribution in [-0.4, -0.2) is 42.9 Å². The second kappa shape index (κ2) is 11.0. The minimum absolute atomic E-state index is 0.287. The molecule has 1 amide bonds. The zero-order chi connectivity index (χ0) is 21.3. The van der Waals surface area contributed by atoms with Gasteiger partial charge in [-0.15, -0.1) is 0 Å². The molecule has 0 unspecified atom stereocenters. The van der Waals surface area contributed by atoms with E-state index in [1.807, 2.05) is 48.5 Å². The number of ether oxygens (including phenoxy) is 2. The second-order valence-electron chi connectivity index (χ2n) is 7.60. The van der Waals surface area contributed by atoms with Crippen LogP contribution in [0, 0.1) is 0 Å². The molecule has 0 saturated heterocycles. The van der Waals surface area contributed by atoms with Crippen molar-refractivity contribution in [2.45, 2.75) is 44.9 Å². The van der Waals surface area contributed by atoms with E-state index < -0.39 is 12.5 Å². The third-order valence-electron chi connectivity index (χ3n) is 5.18.